The molecule has 2 aromatic rings. The molecule has 2 aromatic carbocycles. The van der Waals surface area contributed by atoms with E-state index in [0.29, 0.717) is 24.9 Å². The largest absolute Gasteiger partial charge is 0.481 e. The lowest BCUT2D eigenvalue weighted by Gasteiger charge is -2.22. The van der Waals surface area contributed by atoms with Crippen molar-refractivity contribution in [2.45, 2.75) is 31.4 Å². The van der Waals surface area contributed by atoms with Gasteiger partial charge < -0.3 is 15.5 Å². The van der Waals surface area contributed by atoms with Crippen LogP contribution in [0.1, 0.15) is 35.4 Å². The fourth-order valence-electron chi connectivity index (χ4n) is 2.87. The van der Waals surface area contributed by atoms with Crippen LogP contribution in [0.5, 0.6) is 0 Å². The minimum absolute atomic E-state index is 0.141. The van der Waals surface area contributed by atoms with Gasteiger partial charge in [0.25, 0.3) is 0 Å². The molecule has 11 heteroatoms. The highest BCUT2D eigenvalue weighted by Crippen LogP contribution is 2.41. The zero-order valence-electron chi connectivity index (χ0n) is 16.8. The molecule has 176 valence electrons. The third-order valence-corrected chi connectivity index (χ3v) is 6.24. The first kappa shape index (κ1) is 28.4. The van der Waals surface area contributed by atoms with E-state index in [4.69, 9.17) is 21.8 Å². The van der Waals surface area contributed by atoms with Gasteiger partial charge in [0.05, 0.1) is 10.6 Å². The van der Waals surface area contributed by atoms with Crippen LogP contribution in [0.25, 0.3) is 0 Å². The summed E-state index contributed by atoms with van der Waals surface area (Å²) in [7, 11) is 1.82. The molecule has 0 spiro atoms. The van der Waals surface area contributed by atoms with Crippen LogP contribution in [0.3, 0.4) is 0 Å². The van der Waals surface area contributed by atoms with Gasteiger partial charge in [0.15, 0.2) is 0 Å². The van der Waals surface area contributed by atoms with Crippen LogP contribution < -0.4 is 5.32 Å². The van der Waals surface area contributed by atoms with Gasteiger partial charge in [0.2, 0.25) is 0 Å². The van der Waals surface area contributed by atoms with Crippen LogP contribution in [-0.4, -0.2) is 35.7 Å². The maximum absolute atomic E-state index is 13.2. The second kappa shape index (κ2) is 13.2. The topological polar surface area (TPSA) is 86.6 Å². The van der Waals surface area contributed by atoms with Crippen LogP contribution in [0.2, 0.25) is 5.02 Å². The van der Waals surface area contributed by atoms with Crippen LogP contribution in [0, 0.1) is 0 Å². The number of hydrogen-bond acceptors (Lipinski definition) is 3. The van der Waals surface area contributed by atoms with Crippen LogP contribution in [0.15, 0.2) is 45.3 Å². The van der Waals surface area contributed by atoms with E-state index in [-0.39, 0.29) is 10.9 Å². The Kier molecular flexibility index (Phi) is 11.7. The second-order valence-electron chi connectivity index (χ2n) is 6.66. The van der Waals surface area contributed by atoms with Crippen molar-refractivity contribution in [3.63, 3.8) is 0 Å². The van der Waals surface area contributed by atoms with Gasteiger partial charge in [-0.15, -0.1) is 0 Å². The third-order valence-electron chi connectivity index (χ3n) is 4.33. The number of nitrogens with one attached hydrogen (secondary N) is 1. The Bertz CT molecular complexity index is 909. The molecule has 0 aromatic heterocycles. The molecular formula is C21H21Br2ClF3NO4. The van der Waals surface area contributed by atoms with Crippen molar-refractivity contribution in [1.82, 2.24) is 5.32 Å². The van der Waals surface area contributed by atoms with Gasteiger partial charge in [-0.1, -0.05) is 61.7 Å². The molecule has 0 aliphatic rings. The quantitative estimate of drug-likeness (QED) is 0.306. The molecule has 0 radical (unpaired) electrons. The first-order chi connectivity index (χ1) is 14.9. The van der Waals surface area contributed by atoms with Crippen LogP contribution in [0.4, 0.5) is 13.2 Å². The number of carboxylic acid groups (broad SMARTS) is 2. The normalized spacial score (nSPS) is 12.0. The lowest BCUT2D eigenvalue weighted by Crippen LogP contribution is -2.16. The van der Waals surface area contributed by atoms with E-state index >= 15 is 0 Å². The number of aliphatic carboxylic acids is 2. The minimum atomic E-state index is -4.46. The number of carbonyl (C=O) groups is 2. The van der Waals surface area contributed by atoms with E-state index in [1.165, 1.54) is 6.07 Å². The smallest absolute Gasteiger partial charge is 0.417 e. The maximum atomic E-state index is 13.2. The van der Waals surface area contributed by atoms with Gasteiger partial charge in [-0.05, 0) is 61.7 Å². The average molecular weight is 604 g/mol. The SMILES string of the molecule is CNCCC(Cc1c(Br)cccc1Br)c1cccc(C(F)(F)F)c1Cl.O=C(O)CC(=O)O. The Morgan fingerprint density at radius 2 is 1.59 bits per heavy atom. The molecule has 0 fully saturated rings. The molecule has 0 saturated heterocycles. The zero-order chi connectivity index (χ0) is 24.5. The molecular weight excluding hydrogens is 582 g/mol. The Morgan fingerprint density at radius 1 is 1.06 bits per heavy atom. The highest BCUT2D eigenvalue weighted by atomic mass is 79.9. The molecule has 1 unspecified atom stereocenters. The molecule has 2 rings (SSSR count). The number of rotatable bonds is 8. The van der Waals surface area contributed by atoms with Crippen molar-refractivity contribution in [2.75, 3.05) is 13.6 Å². The third kappa shape index (κ3) is 9.09. The Hall–Kier alpha value is -1.62. The second-order valence-corrected chi connectivity index (χ2v) is 8.75. The summed E-state index contributed by atoms with van der Waals surface area (Å²) >= 11 is 13.2. The van der Waals surface area contributed by atoms with Crippen LogP contribution >= 0.6 is 43.5 Å². The average Bonchev–Trinajstić information content (AvgIpc) is 2.66. The molecule has 0 amide bonds. The standard InChI is InChI=1S/C18H17Br2ClF3N.C3H4O4/c1-25-9-8-11(10-13-15(19)6-3-7-16(13)20)12-4-2-5-14(17(12)21)18(22,23)24;4-2(5)1-3(6)7/h2-7,11,25H,8-10H2,1H3;1H2,(H,4,5)(H,6,7). The van der Waals surface area contributed by atoms with E-state index in [2.05, 4.69) is 37.2 Å². The van der Waals surface area contributed by atoms with E-state index in [0.717, 1.165) is 20.6 Å². The summed E-state index contributed by atoms with van der Waals surface area (Å²) in [5, 5.41) is 18.3. The lowest BCUT2D eigenvalue weighted by atomic mass is 9.88. The van der Waals surface area contributed by atoms with E-state index in [1.54, 1.807) is 6.07 Å². The van der Waals surface area contributed by atoms with Gasteiger partial charge in [-0.3, -0.25) is 9.59 Å². The predicted molar refractivity (Wildman–Crippen MR) is 123 cm³/mol. The predicted octanol–water partition coefficient (Wildman–Crippen LogP) is 6.37. The first-order valence-corrected chi connectivity index (χ1v) is 11.2. The summed E-state index contributed by atoms with van der Waals surface area (Å²) in [5.41, 5.74) is 0.749. The summed E-state index contributed by atoms with van der Waals surface area (Å²) < 4.78 is 41.4. The molecule has 0 saturated carbocycles. The molecule has 3 N–H and O–H groups in total. The lowest BCUT2D eigenvalue weighted by molar-refractivity contribution is -0.147. The summed E-state index contributed by atoms with van der Waals surface area (Å²) in [6.45, 7) is 0.680. The Balaban J connectivity index is 0.000000633. The molecule has 5 nitrogen and oxygen atoms in total. The van der Waals surface area contributed by atoms with Crippen molar-refractivity contribution >= 4 is 55.4 Å². The molecule has 0 bridgehead atoms. The van der Waals surface area contributed by atoms with Gasteiger partial charge in [-0.25, -0.2) is 0 Å². The van der Waals surface area contributed by atoms with Crippen molar-refractivity contribution in [3.05, 3.63) is 67.1 Å². The maximum Gasteiger partial charge on any atom is 0.417 e. The van der Waals surface area contributed by atoms with Crippen molar-refractivity contribution in [3.8, 4) is 0 Å². The monoisotopic (exact) mass is 601 g/mol. The number of carboxylic acids is 2. The van der Waals surface area contributed by atoms with Gasteiger partial charge in [0.1, 0.15) is 6.42 Å². The van der Waals surface area contributed by atoms with Crippen LogP contribution in [-0.2, 0) is 22.2 Å². The fourth-order valence-corrected chi connectivity index (χ4v) is 4.58. The zero-order valence-corrected chi connectivity index (χ0v) is 20.8. The summed E-state index contributed by atoms with van der Waals surface area (Å²) in [6.07, 6.45) is -4.02. The number of benzene rings is 2. The highest BCUT2D eigenvalue weighted by Gasteiger charge is 2.34. The van der Waals surface area contributed by atoms with Crippen molar-refractivity contribution < 1.29 is 33.0 Å². The summed E-state index contributed by atoms with van der Waals surface area (Å²) in [4.78, 5) is 18.9. The first-order valence-electron chi connectivity index (χ1n) is 9.25. The van der Waals surface area contributed by atoms with E-state index in [9.17, 15) is 22.8 Å². The van der Waals surface area contributed by atoms with Crippen molar-refractivity contribution in [1.29, 1.82) is 0 Å². The van der Waals surface area contributed by atoms with E-state index < -0.39 is 30.1 Å². The minimum Gasteiger partial charge on any atom is -0.481 e. The molecule has 0 aliphatic heterocycles. The fraction of sp³-hybridized carbons (Fsp3) is 0.333. The summed E-state index contributed by atoms with van der Waals surface area (Å²) in [6, 6.07) is 9.87. The molecule has 0 aliphatic carbocycles. The Labute approximate surface area is 205 Å². The number of halogens is 6. The molecule has 0 heterocycles. The molecule has 1 atom stereocenters. The van der Waals surface area contributed by atoms with Gasteiger partial charge in [0, 0.05) is 8.95 Å². The van der Waals surface area contributed by atoms with Gasteiger partial charge >= 0.3 is 18.1 Å². The van der Waals surface area contributed by atoms with Gasteiger partial charge in [-0.2, -0.15) is 13.2 Å². The number of alkyl halides is 3. The van der Waals surface area contributed by atoms with Crippen molar-refractivity contribution in [2.24, 2.45) is 0 Å². The number of hydrogen-bond donors (Lipinski definition) is 3. The highest BCUT2D eigenvalue weighted by molar-refractivity contribution is 9.11. The Morgan fingerprint density at radius 3 is 2.03 bits per heavy atom. The molecule has 32 heavy (non-hydrogen) atoms. The summed E-state index contributed by atoms with van der Waals surface area (Å²) in [5.74, 6) is -2.77. The van der Waals surface area contributed by atoms with E-state index in [1.807, 2.05) is 25.2 Å².